The topological polar surface area (TPSA) is 51.9 Å². The van der Waals surface area contributed by atoms with Crippen LogP contribution in [0.1, 0.15) is 35.1 Å². The molecule has 0 fully saturated rings. The van der Waals surface area contributed by atoms with E-state index in [4.69, 9.17) is 13.9 Å². The first-order chi connectivity index (χ1) is 13.7. The fraction of sp³-hybridized carbons (Fsp3) is 0.348. The molecular weight excluding hydrogens is 354 g/mol. The van der Waals surface area contributed by atoms with E-state index in [1.165, 1.54) is 11.1 Å². The Morgan fingerprint density at radius 2 is 1.79 bits per heavy atom. The SMILES string of the molecule is COc1ccc(CN2COc3ccc4c5c(c(=O)oc4c3C2)CCCC5)cc1. The molecule has 0 unspecified atom stereocenters. The highest BCUT2D eigenvalue weighted by atomic mass is 16.5. The molecule has 2 aliphatic rings. The van der Waals surface area contributed by atoms with Gasteiger partial charge in [-0.05, 0) is 61.1 Å². The highest BCUT2D eigenvalue weighted by Crippen LogP contribution is 2.36. The molecule has 5 rings (SSSR count). The third-order valence-corrected chi connectivity index (χ3v) is 5.80. The van der Waals surface area contributed by atoms with Crippen molar-refractivity contribution in [3.63, 3.8) is 0 Å². The predicted octanol–water partition coefficient (Wildman–Crippen LogP) is 4.03. The van der Waals surface area contributed by atoms with Crippen molar-refractivity contribution in [1.82, 2.24) is 4.90 Å². The molecule has 0 saturated carbocycles. The summed E-state index contributed by atoms with van der Waals surface area (Å²) in [4.78, 5) is 14.8. The van der Waals surface area contributed by atoms with Gasteiger partial charge in [0, 0.05) is 24.0 Å². The van der Waals surface area contributed by atoms with Crippen LogP contribution in [0.5, 0.6) is 11.5 Å². The van der Waals surface area contributed by atoms with Gasteiger partial charge in [0.2, 0.25) is 0 Å². The van der Waals surface area contributed by atoms with Gasteiger partial charge in [-0.15, -0.1) is 0 Å². The lowest BCUT2D eigenvalue weighted by Gasteiger charge is -2.29. The van der Waals surface area contributed by atoms with Crippen molar-refractivity contribution < 1.29 is 13.9 Å². The van der Waals surface area contributed by atoms with Crippen LogP contribution in [0.4, 0.5) is 0 Å². The molecule has 0 bridgehead atoms. The molecule has 3 aromatic rings. The molecule has 5 heteroatoms. The van der Waals surface area contributed by atoms with Crippen LogP contribution in [-0.4, -0.2) is 18.7 Å². The van der Waals surface area contributed by atoms with E-state index in [-0.39, 0.29) is 5.63 Å². The standard InChI is InChI=1S/C23H23NO4/c1-26-16-8-6-15(7-9-16)12-24-13-20-21(27-14-24)11-10-18-17-4-2-3-5-19(17)23(25)28-22(18)20/h6-11H,2-5,12-14H2,1H3. The maximum atomic E-state index is 12.6. The smallest absolute Gasteiger partial charge is 0.339 e. The van der Waals surface area contributed by atoms with Crippen molar-refractivity contribution in [3.8, 4) is 11.5 Å². The van der Waals surface area contributed by atoms with Crippen molar-refractivity contribution >= 4 is 11.0 Å². The largest absolute Gasteiger partial charge is 0.497 e. The number of hydrogen-bond acceptors (Lipinski definition) is 5. The Morgan fingerprint density at radius 1 is 1.00 bits per heavy atom. The third-order valence-electron chi connectivity index (χ3n) is 5.80. The van der Waals surface area contributed by atoms with Gasteiger partial charge in [-0.3, -0.25) is 4.90 Å². The number of fused-ring (bicyclic) bond motifs is 5. The van der Waals surface area contributed by atoms with Gasteiger partial charge in [0.15, 0.2) is 0 Å². The van der Waals surface area contributed by atoms with Gasteiger partial charge in [-0.1, -0.05) is 12.1 Å². The minimum absolute atomic E-state index is 0.178. The minimum Gasteiger partial charge on any atom is -0.497 e. The number of ether oxygens (including phenoxy) is 2. The lowest BCUT2D eigenvalue weighted by molar-refractivity contribution is 0.0889. The third kappa shape index (κ3) is 2.96. The van der Waals surface area contributed by atoms with Crippen LogP contribution in [0.15, 0.2) is 45.6 Å². The Bertz CT molecular complexity index is 1080. The van der Waals surface area contributed by atoms with Crippen molar-refractivity contribution in [1.29, 1.82) is 0 Å². The van der Waals surface area contributed by atoms with E-state index in [0.717, 1.165) is 60.2 Å². The fourth-order valence-electron chi connectivity index (χ4n) is 4.35. The van der Waals surface area contributed by atoms with Crippen molar-refractivity contribution in [2.45, 2.75) is 38.8 Å². The number of hydrogen-bond donors (Lipinski definition) is 0. The first kappa shape index (κ1) is 17.3. The molecule has 144 valence electrons. The molecule has 5 nitrogen and oxygen atoms in total. The summed E-state index contributed by atoms with van der Waals surface area (Å²) in [5.41, 5.74) is 4.72. The number of nitrogens with zero attached hydrogens (tertiary/aromatic N) is 1. The normalized spacial score (nSPS) is 16.3. The van der Waals surface area contributed by atoms with Crippen LogP contribution >= 0.6 is 0 Å². The highest BCUT2D eigenvalue weighted by molar-refractivity contribution is 5.86. The lowest BCUT2D eigenvalue weighted by atomic mass is 9.90. The molecule has 0 spiro atoms. The van der Waals surface area contributed by atoms with Gasteiger partial charge < -0.3 is 13.9 Å². The molecule has 1 aliphatic carbocycles. The van der Waals surface area contributed by atoms with E-state index in [2.05, 4.69) is 23.1 Å². The molecule has 2 aromatic carbocycles. The summed E-state index contributed by atoms with van der Waals surface area (Å²) < 4.78 is 17.0. The molecule has 0 N–H and O–H groups in total. The van der Waals surface area contributed by atoms with Crippen LogP contribution < -0.4 is 15.1 Å². The lowest BCUT2D eigenvalue weighted by Crippen LogP contribution is -2.31. The molecule has 2 heterocycles. The van der Waals surface area contributed by atoms with E-state index in [0.29, 0.717) is 18.9 Å². The van der Waals surface area contributed by atoms with Crippen LogP contribution in [0, 0.1) is 0 Å². The molecule has 1 aromatic heterocycles. The van der Waals surface area contributed by atoms with Gasteiger partial charge >= 0.3 is 5.63 Å². The van der Waals surface area contributed by atoms with Gasteiger partial charge in [0.05, 0.1) is 12.7 Å². The Hall–Kier alpha value is -2.79. The number of benzene rings is 2. The summed E-state index contributed by atoms with van der Waals surface area (Å²) in [6.45, 7) is 1.97. The zero-order valence-corrected chi connectivity index (χ0v) is 16.0. The zero-order chi connectivity index (χ0) is 19.1. The summed E-state index contributed by atoms with van der Waals surface area (Å²) in [6.07, 6.45) is 3.97. The van der Waals surface area contributed by atoms with Gasteiger partial charge in [-0.25, -0.2) is 4.79 Å². The van der Waals surface area contributed by atoms with Crippen molar-refractivity contribution in [2.24, 2.45) is 0 Å². The minimum atomic E-state index is -0.178. The molecular formula is C23H23NO4. The first-order valence-corrected chi connectivity index (χ1v) is 9.81. The fourth-order valence-corrected chi connectivity index (χ4v) is 4.35. The summed E-state index contributed by atoms with van der Waals surface area (Å²) in [6, 6.07) is 12.1. The summed E-state index contributed by atoms with van der Waals surface area (Å²) >= 11 is 0. The van der Waals surface area contributed by atoms with Gasteiger partial charge in [0.1, 0.15) is 23.8 Å². The summed E-state index contributed by atoms with van der Waals surface area (Å²) in [7, 11) is 1.67. The Balaban J connectivity index is 1.50. The molecule has 28 heavy (non-hydrogen) atoms. The van der Waals surface area contributed by atoms with Crippen LogP contribution in [0.25, 0.3) is 11.0 Å². The Kier molecular flexibility index (Phi) is 4.32. The van der Waals surface area contributed by atoms with Crippen molar-refractivity contribution in [2.75, 3.05) is 13.8 Å². The molecule has 0 saturated heterocycles. The maximum absolute atomic E-state index is 12.6. The quantitative estimate of drug-likeness (QED) is 0.645. The second kappa shape index (κ2) is 6.99. The van der Waals surface area contributed by atoms with E-state index in [9.17, 15) is 4.79 Å². The molecule has 1 aliphatic heterocycles. The highest BCUT2D eigenvalue weighted by Gasteiger charge is 2.25. The summed E-state index contributed by atoms with van der Waals surface area (Å²) in [5, 5.41) is 1.07. The van der Waals surface area contributed by atoms with Crippen LogP contribution in [0.2, 0.25) is 0 Å². The Morgan fingerprint density at radius 3 is 2.57 bits per heavy atom. The Labute approximate surface area is 163 Å². The van der Waals surface area contributed by atoms with Crippen LogP contribution in [-0.2, 0) is 25.9 Å². The van der Waals surface area contributed by atoms with E-state index >= 15 is 0 Å². The number of rotatable bonds is 3. The second-order valence-corrected chi connectivity index (χ2v) is 7.58. The second-order valence-electron chi connectivity index (χ2n) is 7.58. The zero-order valence-electron chi connectivity index (χ0n) is 16.0. The van der Waals surface area contributed by atoms with Crippen LogP contribution in [0.3, 0.4) is 0 Å². The molecule has 0 radical (unpaired) electrons. The molecule has 0 atom stereocenters. The monoisotopic (exact) mass is 377 g/mol. The van der Waals surface area contributed by atoms with E-state index < -0.39 is 0 Å². The number of methoxy groups -OCH3 is 1. The predicted molar refractivity (Wildman–Crippen MR) is 107 cm³/mol. The summed E-state index contributed by atoms with van der Waals surface area (Å²) in [5.74, 6) is 1.67. The van der Waals surface area contributed by atoms with Gasteiger partial charge in [-0.2, -0.15) is 0 Å². The number of aryl methyl sites for hydroxylation is 1. The average Bonchev–Trinajstić information content (AvgIpc) is 2.74. The van der Waals surface area contributed by atoms with E-state index in [1.807, 2.05) is 18.2 Å². The molecule has 0 amide bonds. The average molecular weight is 377 g/mol. The maximum Gasteiger partial charge on any atom is 0.339 e. The first-order valence-electron chi connectivity index (χ1n) is 9.81. The van der Waals surface area contributed by atoms with E-state index in [1.54, 1.807) is 7.11 Å². The van der Waals surface area contributed by atoms with Gasteiger partial charge in [0.25, 0.3) is 0 Å². The van der Waals surface area contributed by atoms with Crippen molar-refractivity contribution in [3.05, 3.63) is 69.1 Å².